The maximum absolute atomic E-state index is 12.0. The third-order valence-corrected chi connectivity index (χ3v) is 4.62. The van der Waals surface area contributed by atoms with Gasteiger partial charge in [-0.25, -0.2) is 13.1 Å². The summed E-state index contributed by atoms with van der Waals surface area (Å²) in [5.74, 6) is 0.498. The van der Waals surface area contributed by atoms with Gasteiger partial charge in [0.1, 0.15) is 10.6 Å². The van der Waals surface area contributed by atoms with Gasteiger partial charge in [-0.1, -0.05) is 19.9 Å². The molecule has 0 aliphatic rings. The van der Waals surface area contributed by atoms with E-state index in [9.17, 15) is 13.2 Å². The fourth-order valence-electron chi connectivity index (χ4n) is 2.05. The maximum Gasteiger partial charge on any atom is 0.246 e. The van der Waals surface area contributed by atoms with Crippen LogP contribution in [0, 0.1) is 5.92 Å². The summed E-state index contributed by atoms with van der Waals surface area (Å²) in [5, 5.41) is 0. The number of carbonyl (C=O) groups is 1. The Morgan fingerprint density at radius 2 is 2.04 bits per heavy atom. The fraction of sp³-hybridized carbons (Fsp3) is 0.438. The van der Waals surface area contributed by atoms with Gasteiger partial charge in [0.2, 0.25) is 15.9 Å². The van der Waals surface area contributed by atoms with E-state index in [0.717, 1.165) is 0 Å². The number of nitrogens with zero attached hydrogens (tertiary/aromatic N) is 1. The zero-order chi connectivity index (χ0) is 17.6. The fourth-order valence-corrected chi connectivity index (χ4v) is 2.98. The molecule has 23 heavy (non-hydrogen) atoms. The minimum Gasteiger partial charge on any atom is -0.495 e. The zero-order valence-electron chi connectivity index (χ0n) is 14.2. The van der Waals surface area contributed by atoms with Crippen LogP contribution >= 0.6 is 0 Å². The van der Waals surface area contributed by atoms with Crippen molar-refractivity contribution >= 4 is 22.0 Å². The molecule has 0 aromatic heterocycles. The van der Waals surface area contributed by atoms with Crippen molar-refractivity contribution in [2.45, 2.75) is 18.7 Å². The van der Waals surface area contributed by atoms with E-state index in [2.05, 4.69) is 4.72 Å². The number of rotatable bonds is 7. The second-order valence-electron chi connectivity index (χ2n) is 5.56. The van der Waals surface area contributed by atoms with Crippen molar-refractivity contribution in [3.63, 3.8) is 0 Å². The van der Waals surface area contributed by atoms with Crippen molar-refractivity contribution in [2.24, 2.45) is 5.92 Å². The predicted octanol–water partition coefficient (Wildman–Crippen LogP) is 1.73. The van der Waals surface area contributed by atoms with Crippen molar-refractivity contribution in [1.82, 2.24) is 9.62 Å². The Morgan fingerprint density at radius 1 is 1.39 bits per heavy atom. The highest BCUT2D eigenvalue weighted by Crippen LogP contribution is 2.25. The third kappa shape index (κ3) is 5.37. The first-order chi connectivity index (χ1) is 10.7. The Morgan fingerprint density at radius 3 is 2.57 bits per heavy atom. The molecule has 1 rings (SSSR count). The second kappa shape index (κ2) is 8.12. The average molecular weight is 340 g/mol. The number of methoxy groups -OCH3 is 1. The summed E-state index contributed by atoms with van der Waals surface area (Å²) in [6, 6.07) is 4.73. The van der Waals surface area contributed by atoms with Crippen molar-refractivity contribution in [3.8, 4) is 5.75 Å². The number of amides is 1. The summed E-state index contributed by atoms with van der Waals surface area (Å²) in [4.78, 5) is 13.7. The van der Waals surface area contributed by atoms with Gasteiger partial charge < -0.3 is 9.64 Å². The van der Waals surface area contributed by atoms with E-state index in [1.807, 2.05) is 13.8 Å². The van der Waals surface area contributed by atoms with E-state index in [-0.39, 0.29) is 16.6 Å². The molecule has 6 nitrogen and oxygen atoms in total. The topological polar surface area (TPSA) is 75.7 Å². The minimum absolute atomic E-state index is 0.0348. The first-order valence-corrected chi connectivity index (χ1v) is 8.74. The normalized spacial score (nSPS) is 11.9. The molecule has 0 atom stereocenters. The molecular formula is C16H24N2O4S. The third-order valence-electron chi connectivity index (χ3n) is 3.18. The molecule has 0 radical (unpaired) electrons. The largest absolute Gasteiger partial charge is 0.495 e. The van der Waals surface area contributed by atoms with E-state index >= 15 is 0 Å². The Balaban J connectivity index is 3.05. The van der Waals surface area contributed by atoms with Crippen molar-refractivity contribution < 1.29 is 17.9 Å². The first-order valence-electron chi connectivity index (χ1n) is 7.26. The molecular weight excluding hydrogens is 316 g/mol. The summed E-state index contributed by atoms with van der Waals surface area (Å²) in [6.45, 7) is 4.73. The van der Waals surface area contributed by atoms with Crippen LogP contribution in [-0.2, 0) is 14.8 Å². The van der Waals surface area contributed by atoms with E-state index < -0.39 is 10.0 Å². The molecule has 0 heterocycles. The van der Waals surface area contributed by atoms with Crippen LogP contribution < -0.4 is 9.46 Å². The Labute approximate surface area is 138 Å². The number of hydrogen-bond acceptors (Lipinski definition) is 4. The van der Waals surface area contributed by atoms with Crippen LogP contribution in [0.25, 0.3) is 6.08 Å². The molecule has 0 aliphatic carbocycles. The van der Waals surface area contributed by atoms with E-state index in [0.29, 0.717) is 18.0 Å². The summed E-state index contributed by atoms with van der Waals surface area (Å²) in [6.07, 6.45) is 3.02. The van der Waals surface area contributed by atoms with Gasteiger partial charge in [0.05, 0.1) is 7.11 Å². The minimum atomic E-state index is -3.64. The lowest BCUT2D eigenvalue weighted by atomic mass is 10.2. The van der Waals surface area contributed by atoms with E-state index in [4.69, 9.17) is 4.74 Å². The molecule has 1 N–H and O–H groups in total. The average Bonchev–Trinajstić information content (AvgIpc) is 2.51. The van der Waals surface area contributed by atoms with Crippen LogP contribution in [0.3, 0.4) is 0 Å². The molecule has 1 aromatic carbocycles. The molecule has 7 heteroatoms. The summed E-state index contributed by atoms with van der Waals surface area (Å²) < 4.78 is 31.4. The quantitative estimate of drug-likeness (QED) is 0.767. The molecule has 128 valence electrons. The summed E-state index contributed by atoms with van der Waals surface area (Å²) in [7, 11) is 0.837. The molecule has 0 fully saturated rings. The number of ether oxygens (including phenoxy) is 1. The van der Waals surface area contributed by atoms with Gasteiger partial charge in [-0.2, -0.15) is 0 Å². The van der Waals surface area contributed by atoms with Gasteiger partial charge in [0.15, 0.2) is 0 Å². The Kier molecular flexibility index (Phi) is 6.78. The van der Waals surface area contributed by atoms with Crippen LogP contribution in [0.15, 0.2) is 29.2 Å². The molecule has 0 aliphatic heterocycles. The lowest BCUT2D eigenvalue weighted by molar-refractivity contribution is -0.125. The van der Waals surface area contributed by atoms with Gasteiger partial charge in [0.25, 0.3) is 0 Å². The summed E-state index contributed by atoms with van der Waals surface area (Å²) >= 11 is 0. The van der Waals surface area contributed by atoms with E-state index in [1.54, 1.807) is 30.2 Å². The van der Waals surface area contributed by atoms with Crippen LogP contribution in [0.5, 0.6) is 5.75 Å². The van der Waals surface area contributed by atoms with Crippen LogP contribution in [0.4, 0.5) is 0 Å². The van der Waals surface area contributed by atoms with Crippen LogP contribution in [0.1, 0.15) is 19.4 Å². The van der Waals surface area contributed by atoms with Crippen molar-refractivity contribution in [2.75, 3.05) is 27.7 Å². The van der Waals surface area contributed by atoms with Crippen molar-refractivity contribution in [3.05, 3.63) is 29.8 Å². The van der Waals surface area contributed by atoms with Gasteiger partial charge in [-0.05, 0) is 36.7 Å². The number of likely N-dealkylation sites (N-methyl/N-ethyl adjacent to an activating group) is 1. The predicted molar refractivity (Wildman–Crippen MR) is 90.7 cm³/mol. The number of hydrogen-bond donors (Lipinski definition) is 1. The smallest absolute Gasteiger partial charge is 0.246 e. The molecule has 0 unspecified atom stereocenters. The maximum atomic E-state index is 12.0. The molecule has 1 amide bonds. The standard InChI is InChI=1S/C16H24N2O4S/c1-12(2)11-18(4)16(19)9-7-13-6-8-14(22-5)15(10-13)23(20,21)17-3/h6-10,12,17H,11H2,1-5H3/b9-7+. The summed E-state index contributed by atoms with van der Waals surface area (Å²) in [5.41, 5.74) is 0.603. The lowest BCUT2D eigenvalue weighted by Gasteiger charge is -2.17. The highest BCUT2D eigenvalue weighted by atomic mass is 32.2. The zero-order valence-corrected chi connectivity index (χ0v) is 15.0. The number of nitrogens with one attached hydrogen (secondary N) is 1. The van der Waals surface area contributed by atoms with Crippen LogP contribution in [-0.4, -0.2) is 47.0 Å². The highest BCUT2D eigenvalue weighted by molar-refractivity contribution is 7.89. The highest BCUT2D eigenvalue weighted by Gasteiger charge is 2.17. The molecule has 0 saturated heterocycles. The van der Waals surface area contributed by atoms with Gasteiger partial charge in [0, 0.05) is 19.7 Å². The van der Waals surface area contributed by atoms with Crippen LogP contribution in [0.2, 0.25) is 0 Å². The Bertz CT molecular complexity index is 681. The molecule has 0 spiro atoms. The number of sulfonamides is 1. The van der Waals surface area contributed by atoms with E-state index in [1.165, 1.54) is 26.3 Å². The molecule has 0 saturated carbocycles. The Hall–Kier alpha value is -1.86. The lowest BCUT2D eigenvalue weighted by Crippen LogP contribution is -2.28. The molecule has 1 aromatic rings. The SMILES string of the molecule is CNS(=O)(=O)c1cc(/C=C/C(=O)N(C)CC(C)C)ccc1OC. The van der Waals surface area contributed by atoms with Gasteiger partial charge in [-0.15, -0.1) is 0 Å². The van der Waals surface area contributed by atoms with Gasteiger partial charge in [-0.3, -0.25) is 4.79 Å². The molecule has 0 bridgehead atoms. The second-order valence-corrected chi connectivity index (χ2v) is 7.42. The van der Waals surface area contributed by atoms with Gasteiger partial charge >= 0.3 is 0 Å². The van der Waals surface area contributed by atoms with Crippen molar-refractivity contribution in [1.29, 1.82) is 0 Å². The monoisotopic (exact) mass is 340 g/mol. The number of benzene rings is 1. The number of carbonyl (C=O) groups excluding carboxylic acids is 1. The first kappa shape index (κ1) is 19.2.